The first-order valence-corrected chi connectivity index (χ1v) is 10.8. The first-order chi connectivity index (χ1) is 12.0. The maximum absolute atomic E-state index is 12.8. The number of hydrogen-bond acceptors (Lipinski definition) is 5. The molecule has 0 saturated carbocycles. The van der Waals surface area contributed by atoms with Crippen molar-refractivity contribution >= 4 is 43.0 Å². The van der Waals surface area contributed by atoms with E-state index in [0.29, 0.717) is 10.4 Å². The predicted octanol–water partition coefficient (Wildman–Crippen LogP) is 3.07. The number of aryl methyl sites for hydroxylation is 3. The second-order valence-corrected chi connectivity index (χ2v) is 9.68. The summed E-state index contributed by atoms with van der Waals surface area (Å²) in [6, 6.07) is 6.05. The van der Waals surface area contributed by atoms with Gasteiger partial charge in [0.15, 0.2) is 9.84 Å². The Hall–Kier alpha value is -1.70. The fourth-order valence-corrected chi connectivity index (χ4v) is 5.73. The molecule has 1 aliphatic carbocycles. The molecule has 25 heavy (non-hydrogen) atoms. The number of thiophene rings is 1. The van der Waals surface area contributed by atoms with Crippen LogP contribution in [0.15, 0.2) is 40.3 Å². The minimum absolute atomic E-state index is 0.0807. The molecule has 5 nitrogen and oxygen atoms in total. The normalized spacial score (nSPS) is 14.1. The molecule has 2 heterocycles. The second-order valence-electron chi connectivity index (χ2n) is 6.05. The number of nitrogens with zero attached hydrogens (tertiary/aromatic N) is 2. The van der Waals surface area contributed by atoms with Gasteiger partial charge in [-0.15, -0.1) is 11.3 Å². The molecule has 3 aromatic rings. The van der Waals surface area contributed by atoms with Gasteiger partial charge in [-0.05, 0) is 49.1 Å². The number of halogens is 1. The number of fused-ring (bicyclic) bond motifs is 3. The summed E-state index contributed by atoms with van der Waals surface area (Å²) < 4.78 is 26.3. The van der Waals surface area contributed by atoms with E-state index in [1.807, 2.05) is 0 Å². The molecule has 0 aliphatic heterocycles. The molecule has 0 bridgehead atoms. The zero-order valence-electron chi connectivity index (χ0n) is 13.2. The van der Waals surface area contributed by atoms with Gasteiger partial charge in [0, 0.05) is 16.4 Å². The van der Waals surface area contributed by atoms with Gasteiger partial charge in [0.2, 0.25) is 0 Å². The van der Waals surface area contributed by atoms with Gasteiger partial charge in [-0.1, -0.05) is 11.6 Å². The molecule has 0 spiro atoms. The summed E-state index contributed by atoms with van der Waals surface area (Å²) in [7, 11) is -3.49. The van der Waals surface area contributed by atoms with Gasteiger partial charge < -0.3 is 0 Å². The van der Waals surface area contributed by atoms with Crippen LogP contribution in [0.5, 0.6) is 0 Å². The van der Waals surface area contributed by atoms with Crippen LogP contribution in [0.25, 0.3) is 10.2 Å². The van der Waals surface area contributed by atoms with Crippen LogP contribution >= 0.6 is 22.9 Å². The standard InChI is InChI=1S/C17H15ClN2O3S2/c18-11-4-6-12(7-5-11)25(22,23)9-8-20-10-19-16-15(17(20)21)13-2-1-3-14(13)24-16/h4-7,10H,1-3,8-9H2. The lowest BCUT2D eigenvalue weighted by atomic mass is 10.2. The number of aromatic nitrogens is 2. The van der Waals surface area contributed by atoms with Crippen molar-refractivity contribution in [2.24, 2.45) is 0 Å². The Bertz CT molecular complexity index is 1120. The van der Waals surface area contributed by atoms with Crippen LogP contribution in [-0.4, -0.2) is 23.7 Å². The van der Waals surface area contributed by atoms with Gasteiger partial charge in [-0.2, -0.15) is 0 Å². The van der Waals surface area contributed by atoms with Gasteiger partial charge >= 0.3 is 0 Å². The van der Waals surface area contributed by atoms with E-state index in [1.165, 1.54) is 27.9 Å². The summed E-state index contributed by atoms with van der Waals surface area (Å²) in [6.45, 7) is 0.0807. The third-order valence-corrected chi connectivity index (χ3v) is 7.63. The molecule has 8 heteroatoms. The molecular weight excluding hydrogens is 380 g/mol. The summed E-state index contributed by atoms with van der Waals surface area (Å²) in [5.41, 5.74) is 0.961. The highest BCUT2D eigenvalue weighted by atomic mass is 35.5. The van der Waals surface area contributed by atoms with Gasteiger partial charge in [0.05, 0.1) is 22.4 Å². The number of benzene rings is 1. The van der Waals surface area contributed by atoms with Crippen LogP contribution in [0.4, 0.5) is 0 Å². The van der Waals surface area contributed by atoms with E-state index < -0.39 is 9.84 Å². The first-order valence-electron chi connectivity index (χ1n) is 7.94. The lowest BCUT2D eigenvalue weighted by Crippen LogP contribution is -2.24. The summed E-state index contributed by atoms with van der Waals surface area (Å²) in [5, 5.41) is 1.15. The molecule has 1 aromatic carbocycles. The SMILES string of the molecule is O=c1c2c3c(sc2ncn1CCS(=O)(=O)c1ccc(Cl)cc1)CCC3. The molecule has 130 valence electrons. The molecular formula is C17H15ClN2O3S2. The van der Waals surface area contributed by atoms with E-state index in [9.17, 15) is 13.2 Å². The third-order valence-electron chi connectivity index (χ3n) is 4.47. The third kappa shape index (κ3) is 3.01. The molecule has 0 atom stereocenters. The Labute approximate surface area is 153 Å². The molecule has 0 amide bonds. The molecule has 1 aliphatic rings. The average Bonchev–Trinajstić information content (AvgIpc) is 3.15. The second kappa shape index (κ2) is 6.23. The summed E-state index contributed by atoms with van der Waals surface area (Å²) in [5.74, 6) is -0.159. The van der Waals surface area contributed by atoms with E-state index >= 15 is 0 Å². The summed E-state index contributed by atoms with van der Waals surface area (Å²) >= 11 is 7.37. The van der Waals surface area contributed by atoms with Crippen LogP contribution < -0.4 is 5.56 Å². The number of hydrogen-bond donors (Lipinski definition) is 0. The van der Waals surface area contributed by atoms with E-state index in [4.69, 9.17) is 11.6 Å². The highest BCUT2D eigenvalue weighted by Gasteiger charge is 2.22. The van der Waals surface area contributed by atoms with Gasteiger partial charge in [0.25, 0.3) is 5.56 Å². The minimum Gasteiger partial charge on any atom is -0.298 e. The van der Waals surface area contributed by atoms with E-state index in [-0.39, 0.29) is 22.8 Å². The number of sulfone groups is 1. The summed E-state index contributed by atoms with van der Waals surface area (Å²) in [4.78, 5) is 19.3. The van der Waals surface area contributed by atoms with Crippen LogP contribution in [0.1, 0.15) is 16.9 Å². The lowest BCUT2D eigenvalue weighted by molar-refractivity contribution is 0.587. The van der Waals surface area contributed by atoms with Gasteiger partial charge in [0.1, 0.15) is 4.83 Å². The van der Waals surface area contributed by atoms with Crippen molar-refractivity contribution in [2.75, 3.05) is 5.75 Å². The van der Waals surface area contributed by atoms with Crippen molar-refractivity contribution in [3.63, 3.8) is 0 Å². The largest absolute Gasteiger partial charge is 0.298 e. The zero-order valence-corrected chi connectivity index (χ0v) is 15.6. The molecule has 0 unspecified atom stereocenters. The smallest absolute Gasteiger partial charge is 0.262 e. The Kier molecular flexibility index (Phi) is 4.17. The molecule has 2 aromatic heterocycles. The molecule has 0 N–H and O–H groups in total. The monoisotopic (exact) mass is 394 g/mol. The fourth-order valence-electron chi connectivity index (χ4n) is 3.16. The van der Waals surface area contributed by atoms with Crippen molar-refractivity contribution in [3.05, 3.63) is 56.4 Å². The van der Waals surface area contributed by atoms with Crippen LogP contribution in [0, 0.1) is 0 Å². The Morgan fingerprint density at radius 1 is 1.20 bits per heavy atom. The average molecular weight is 395 g/mol. The minimum atomic E-state index is -3.49. The lowest BCUT2D eigenvalue weighted by Gasteiger charge is -2.07. The predicted molar refractivity (Wildman–Crippen MR) is 99.4 cm³/mol. The van der Waals surface area contributed by atoms with Crippen molar-refractivity contribution < 1.29 is 8.42 Å². The summed E-state index contributed by atoms with van der Waals surface area (Å²) in [6.07, 6.45) is 4.42. The quantitative estimate of drug-likeness (QED) is 0.681. The van der Waals surface area contributed by atoms with Gasteiger partial charge in [-0.3, -0.25) is 9.36 Å². The van der Waals surface area contributed by atoms with Crippen molar-refractivity contribution in [2.45, 2.75) is 30.7 Å². The first kappa shape index (κ1) is 16.8. The molecule has 0 saturated heterocycles. The Morgan fingerprint density at radius 3 is 2.72 bits per heavy atom. The molecule has 4 rings (SSSR count). The topological polar surface area (TPSA) is 69.0 Å². The van der Waals surface area contributed by atoms with Crippen molar-refractivity contribution in [3.8, 4) is 0 Å². The van der Waals surface area contributed by atoms with E-state index in [1.54, 1.807) is 23.5 Å². The fraction of sp³-hybridized carbons (Fsp3) is 0.294. The van der Waals surface area contributed by atoms with Crippen LogP contribution in [0.3, 0.4) is 0 Å². The highest BCUT2D eigenvalue weighted by molar-refractivity contribution is 7.91. The molecule has 0 fully saturated rings. The molecule has 0 radical (unpaired) electrons. The zero-order chi connectivity index (χ0) is 17.6. The van der Waals surface area contributed by atoms with Gasteiger partial charge in [-0.25, -0.2) is 13.4 Å². The van der Waals surface area contributed by atoms with E-state index in [0.717, 1.165) is 29.7 Å². The van der Waals surface area contributed by atoms with Crippen molar-refractivity contribution in [1.29, 1.82) is 0 Å². The maximum Gasteiger partial charge on any atom is 0.262 e. The van der Waals surface area contributed by atoms with E-state index in [2.05, 4.69) is 4.98 Å². The highest BCUT2D eigenvalue weighted by Crippen LogP contribution is 2.34. The Balaban J connectivity index is 1.64. The number of rotatable bonds is 4. The van der Waals surface area contributed by atoms with Crippen LogP contribution in [-0.2, 0) is 29.2 Å². The van der Waals surface area contributed by atoms with Crippen molar-refractivity contribution in [1.82, 2.24) is 9.55 Å². The maximum atomic E-state index is 12.8. The van der Waals surface area contributed by atoms with Crippen LogP contribution in [0.2, 0.25) is 5.02 Å². The Morgan fingerprint density at radius 2 is 1.96 bits per heavy atom.